The number of nitrogens with one attached hydrogen (secondary N) is 1. The van der Waals surface area contributed by atoms with Crippen LogP contribution in [0.25, 0.3) is 0 Å². The number of halogens is 3. The van der Waals surface area contributed by atoms with Crippen LogP contribution in [0.4, 0.5) is 13.2 Å². The Bertz CT molecular complexity index is 647. The molecule has 1 aromatic carbocycles. The Morgan fingerprint density at radius 1 is 1.15 bits per heavy atom. The predicted molar refractivity (Wildman–Crippen MR) is 88.3 cm³/mol. The molecular weight excluding hydrogens is 369 g/mol. The number of hydrogen-bond donors (Lipinski definition) is 3. The van der Waals surface area contributed by atoms with Gasteiger partial charge in [-0.25, -0.2) is 0 Å². The summed E-state index contributed by atoms with van der Waals surface area (Å²) < 4.78 is 42.4. The molecule has 1 aromatic rings. The third-order valence-corrected chi connectivity index (χ3v) is 3.67. The number of carboxylic acids is 1. The van der Waals surface area contributed by atoms with Gasteiger partial charge in [0.25, 0.3) is 0 Å². The van der Waals surface area contributed by atoms with Gasteiger partial charge in [-0.3, -0.25) is 14.4 Å². The van der Waals surface area contributed by atoms with E-state index >= 15 is 0 Å². The summed E-state index contributed by atoms with van der Waals surface area (Å²) in [5.41, 5.74) is 4.60. The SMILES string of the molecule is NCC(=O)NCCCCC(C(=O)O)C(=O)OCc1ccc(C(F)(F)F)cc1. The molecule has 27 heavy (non-hydrogen) atoms. The van der Waals surface area contributed by atoms with E-state index in [9.17, 15) is 27.6 Å². The van der Waals surface area contributed by atoms with Gasteiger partial charge in [-0.2, -0.15) is 13.2 Å². The van der Waals surface area contributed by atoms with Crippen LogP contribution in [0.5, 0.6) is 0 Å². The first-order valence-corrected chi connectivity index (χ1v) is 8.17. The number of rotatable bonds is 10. The molecule has 1 unspecified atom stereocenters. The number of unbranched alkanes of at least 4 members (excludes halogenated alkanes) is 1. The summed E-state index contributed by atoms with van der Waals surface area (Å²) in [6.07, 6.45) is -3.63. The lowest BCUT2D eigenvalue weighted by atomic mass is 10.0. The number of carbonyl (C=O) groups excluding carboxylic acids is 2. The summed E-state index contributed by atoms with van der Waals surface area (Å²) >= 11 is 0. The molecule has 0 saturated carbocycles. The second kappa shape index (κ2) is 10.5. The van der Waals surface area contributed by atoms with Crippen LogP contribution in [0.2, 0.25) is 0 Å². The van der Waals surface area contributed by atoms with Gasteiger partial charge in [-0.05, 0) is 30.5 Å². The van der Waals surface area contributed by atoms with Crippen molar-refractivity contribution >= 4 is 17.8 Å². The van der Waals surface area contributed by atoms with Crippen LogP contribution < -0.4 is 11.1 Å². The van der Waals surface area contributed by atoms with Gasteiger partial charge in [0.15, 0.2) is 5.92 Å². The number of esters is 1. The molecule has 0 aliphatic rings. The Hall–Kier alpha value is -2.62. The fourth-order valence-electron chi connectivity index (χ4n) is 2.16. The largest absolute Gasteiger partial charge is 0.481 e. The van der Waals surface area contributed by atoms with E-state index in [2.05, 4.69) is 5.32 Å². The Kier molecular flexibility index (Phi) is 8.73. The molecule has 1 atom stereocenters. The Balaban J connectivity index is 2.46. The number of alkyl halides is 3. The van der Waals surface area contributed by atoms with Crippen molar-refractivity contribution in [2.45, 2.75) is 32.0 Å². The Morgan fingerprint density at radius 3 is 2.30 bits per heavy atom. The molecule has 0 bridgehead atoms. The fourth-order valence-corrected chi connectivity index (χ4v) is 2.16. The van der Waals surface area contributed by atoms with Gasteiger partial charge in [0.2, 0.25) is 5.91 Å². The molecule has 0 fully saturated rings. The van der Waals surface area contributed by atoms with Crippen molar-refractivity contribution in [2.75, 3.05) is 13.1 Å². The number of nitrogens with two attached hydrogens (primary N) is 1. The zero-order chi connectivity index (χ0) is 20.4. The van der Waals surface area contributed by atoms with Crippen molar-refractivity contribution in [3.63, 3.8) is 0 Å². The predicted octanol–water partition coefficient (Wildman–Crippen LogP) is 1.69. The van der Waals surface area contributed by atoms with Crippen molar-refractivity contribution in [3.05, 3.63) is 35.4 Å². The highest BCUT2D eigenvalue weighted by molar-refractivity contribution is 5.93. The third-order valence-electron chi connectivity index (χ3n) is 3.67. The van der Waals surface area contributed by atoms with Crippen molar-refractivity contribution in [3.8, 4) is 0 Å². The standard InChI is InChI=1S/C17H21F3N2O5/c18-17(19,20)12-6-4-11(5-7-12)10-27-16(26)13(15(24)25)3-1-2-8-22-14(23)9-21/h4-7,13H,1-3,8-10,21H2,(H,22,23)(H,24,25). The van der Waals surface area contributed by atoms with Gasteiger partial charge in [0, 0.05) is 6.54 Å². The van der Waals surface area contributed by atoms with E-state index in [0.29, 0.717) is 24.9 Å². The maximum absolute atomic E-state index is 12.5. The van der Waals surface area contributed by atoms with Crippen LogP contribution >= 0.6 is 0 Å². The van der Waals surface area contributed by atoms with Gasteiger partial charge in [-0.1, -0.05) is 18.6 Å². The summed E-state index contributed by atoms with van der Waals surface area (Å²) in [5, 5.41) is 11.7. The Labute approximate surface area is 153 Å². The van der Waals surface area contributed by atoms with E-state index in [-0.39, 0.29) is 25.5 Å². The lowest BCUT2D eigenvalue weighted by molar-refractivity contribution is -0.160. The molecule has 150 valence electrons. The maximum atomic E-state index is 12.5. The number of amides is 1. The summed E-state index contributed by atoms with van der Waals surface area (Å²) in [5.74, 6) is -4.03. The zero-order valence-corrected chi connectivity index (χ0v) is 14.4. The van der Waals surface area contributed by atoms with Crippen molar-refractivity contribution in [1.29, 1.82) is 0 Å². The average molecular weight is 390 g/mol. The van der Waals surface area contributed by atoms with Gasteiger partial charge in [0.1, 0.15) is 6.61 Å². The van der Waals surface area contributed by atoms with Crippen LogP contribution in [-0.4, -0.2) is 36.0 Å². The highest BCUT2D eigenvalue weighted by Gasteiger charge is 2.30. The number of ether oxygens (including phenoxy) is 1. The highest BCUT2D eigenvalue weighted by atomic mass is 19.4. The van der Waals surface area contributed by atoms with E-state index in [1.54, 1.807) is 0 Å². The van der Waals surface area contributed by atoms with Gasteiger partial charge in [0.05, 0.1) is 12.1 Å². The minimum atomic E-state index is -4.47. The monoisotopic (exact) mass is 390 g/mol. The van der Waals surface area contributed by atoms with Gasteiger partial charge in [-0.15, -0.1) is 0 Å². The normalized spacial score (nSPS) is 12.3. The second-order valence-electron chi connectivity index (χ2n) is 5.74. The topological polar surface area (TPSA) is 119 Å². The lowest BCUT2D eigenvalue weighted by Crippen LogP contribution is -2.31. The fraction of sp³-hybridized carbons (Fsp3) is 0.471. The first-order chi connectivity index (χ1) is 12.6. The first kappa shape index (κ1) is 22.4. The summed E-state index contributed by atoms with van der Waals surface area (Å²) in [7, 11) is 0. The van der Waals surface area contributed by atoms with E-state index in [1.807, 2.05) is 0 Å². The summed E-state index contributed by atoms with van der Waals surface area (Å²) in [6, 6.07) is 4.03. The van der Waals surface area contributed by atoms with E-state index in [1.165, 1.54) is 0 Å². The lowest BCUT2D eigenvalue weighted by Gasteiger charge is -2.13. The number of aliphatic carboxylic acids is 1. The minimum Gasteiger partial charge on any atom is -0.481 e. The molecule has 1 amide bonds. The van der Waals surface area contributed by atoms with E-state index in [0.717, 1.165) is 24.3 Å². The number of carbonyl (C=O) groups is 3. The molecule has 0 aliphatic carbocycles. The minimum absolute atomic E-state index is 0.0136. The van der Waals surface area contributed by atoms with Gasteiger partial charge >= 0.3 is 18.1 Å². The summed E-state index contributed by atoms with van der Waals surface area (Å²) in [4.78, 5) is 34.1. The summed E-state index contributed by atoms with van der Waals surface area (Å²) in [6.45, 7) is -0.162. The molecule has 0 radical (unpaired) electrons. The molecule has 0 spiro atoms. The third kappa shape index (κ3) is 8.07. The van der Waals surface area contributed by atoms with Gasteiger partial charge < -0.3 is 20.9 Å². The number of hydrogen-bond acceptors (Lipinski definition) is 5. The van der Waals surface area contributed by atoms with Crippen molar-refractivity contribution < 1.29 is 37.4 Å². The Morgan fingerprint density at radius 2 is 1.78 bits per heavy atom. The molecule has 0 saturated heterocycles. The molecule has 10 heteroatoms. The second-order valence-corrected chi connectivity index (χ2v) is 5.74. The molecular formula is C17H21F3N2O5. The van der Waals surface area contributed by atoms with E-state index < -0.39 is 29.6 Å². The molecule has 1 rings (SSSR count). The molecule has 0 aliphatic heterocycles. The van der Waals surface area contributed by atoms with Crippen LogP contribution in [0.15, 0.2) is 24.3 Å². The molecule has 7 nitrogen and oxygen atoms in total. The molecule has 4 N–H and O–H groups in total. The number of benzene rings is 1. The molecule has 0 heterocycles. The smallest absolute Gasteiger partial charge is 0.416 e. The quantitative estimate of drug-likeness (QED) is 0.318. The average Bonchev–Trinajstić information content (AvgIpc) is 2.61. The molecule has 0 aromatic heterocycles. The highest BCUT2D eigenvalue weighted by Crippen LogP contribution is 2.29. The van der Waals surface area contributed by atoms with Crippen LogP contribution in [0.3, 0.4) is 0 Å². The van der Waals surface area contributed by atoms with E-state index in [4.69, 9.17) is 15.6 Å². The zero-order valence-electron chi connectivity index (χ0n) is 14.4. The van der Waals surface area contributed by atoms with Crippen LogP contribution in [0, 0.1) is 5.92 Å². The first-order valence-electron chi connectivity index (χ1n) is 8.17. The van der Waals surface area contributed by atoms with Crippen molar-refractivity contribution in [2.24, 2.45) is 11.7 Å². The van der Waals surface area contributed by atoms with Crippen LogP contribution in [-0.2, 0) is 31.9 Å². The van der Waals surface area contributed by atoms with Crippen LogP contribution in [0.1, 0.15) is 30.4 Å². The van der Waals surface area contributed by atoms with Crippen molar-refractivity contribution in [1.82, 2.24) is 5.32 Å². The maximum Gasteiger partial charge on any atom is 0.416 e. The number of carboxylic acid groups (broad SMARTS) is 1.